The topological polar surface area (TPSA) is 50.5 Å². The van der Waals surface area contributed by atoms with E-state index in [2.05, 4.69) is 31.9 Å². The van der Waals surface area contributed by atoms with E-state index in [1.165, 1.54) is 10.6 Å². The van der Waals surface area contributed by atoms with Crippen molar-refractivity contribution < 1.29 is 12.8 Å². The van der Waals surface area contributed by atoms with Crippen LogP contribution in [0.4, 0.5) is 0 Å². The molecule has 4 nitrogen and oxygen atoms in total. The van der Waals surface area contributed by atoms with Crippen LogP contribution in [0.15, 0.2) is 55.0 Å². The lowest BCUT2D eigenvalue weighted by Gasteiger charge is -2.20. The molecule has 0 aliphatic carbocycles. The summed E-state index contributed by atoms with van der Waals surface area (Å²) >= 11 is 6.62. The van der Waals surface area contributed by atoms with Crippen molar-refractivity contribution in [1.82, 2.24) is 4.31 Å². The number of hydrogen-bond donors (Lipinski definition) is 0. The molecule has 0 unspecified atom stereocenters. The zero-order chi connectivity index (χ0) is 14.8. The molecule has 0 atom stereocenters. The molecule has 0 bridgehead atoms. The fourth-order valence-electron chi connectivity index (χ4n) is 1.78. The Balaban J connectivity index is 2.36. The van der Waals surface area contributed by atoms with Gasteiger partial charge in [-0.1, -0.05) is 22.9 Å². The monoisotopic (exact) mass is 421 g/mol. The van der Waals surface area contributed by atoms with Crippen molar-refractivity contribution in [1.29, 1.82) is 0 Å². The minimum atomic E-state index is -3.55. The molecule has 0 radical (unpaired) electrons. The van der Waals surface area contributed by atoms with Crippen LogP contribution < -0.4 is 0 Å². The largest absolute Gasteiger partial charge is 0.472 e. The molecule has 0 saturated carbocycles. The lowest BCUT2D eigenvalue weighted by molar-refractivity contribution is 0.421. The Kier molecular flexibility index (Phi) is 5.06. The maximum absolute atomic E-state index is 12.7. The zero-order valence-corrected chi connectivity index (χ0v) is 14.7. The summed E-state index contributed by atoms with van der Waals surface area (Å²) in [6.45, 7) is 2.48. The number of rotatable bonds is 5. The summed E-state index contributed by atoms with van der Waals surface area (Å²) < 4.78 is 33.1. The summed E-state index contributed by atoms with van der Waals surface area (Å²) in [4.78, 5) is 0.256. The molecule has 1 heterocycles. The summed E-state index contributed by atoms with van der Waals surface area (Å²) in [6, 6.07) is 6.78. The third-order valence-corrected chi connectivity index (χ3v) is 6.19. The third-order valence-electron chi connectivity index (χ3n) is 2.80. The number of furan rings is 1. The molecule has 20 heavy (non-hydrogen) atoms. The van der Waals surface area contributed by atoms with Crippen molar-refractivity contribution in [2.24, 2.45) is 0 Å². The molecule has 0 saturated heterocycles. The maximum atomic E-state index is 12.7. The first-order chi connectivity index (χ1) is 9.45. The second kappa shape index (κ2) is 6.43. The SMILES string of the molecule is CCN(Cc1ccoc1)S(=O)(=O)c1ccc(Br)cc1Br. The number of nitrogens with zero attached hydrogens (tertiary/aromatic N) is 1. The molecule has 0 aliphatic heterocycles. The van der Waals surface area contributed by atoms with Gasteiger partial charge in [0.15, 0.2) is 0 Å². The summed E-state index contributed by atoms with van der Waals surface area (Å²) in [5.74, 6) is 0. The van der Waals surface area contributed by atoms with Gasteiger partial charge >= 0.3 is 0 Å². The van der Waals surface area contributed by atoms with Crippen molar-refractivity contribution in [3.8, 4) is 0 Å². The van der Waals surface area contributed by atoms with Crippen LogP contribution in [-0.2, 0) is 16.6 Å². The normalized spacial score (nSPS) is 12.0. The molecular weight excluding hydrogens is 410 g/mol. The van der Waals surface area contributed by atoms with Crippen LogP contribution in [0.1, 0.15) is 12.5 Å². The Morgan fingerprint density at radius 1 is 1.25 bits per heavy atom. The molecule has 0 aliphatic rings. The molecule has 2 rings (SSSR count). The summed E-state index contributed by atoms with van der Waals surface area (Å²) in [5.41, 5.74) is 0.823. The molecule has 108 valence electrons. The molecule has 0 N–H and O–H groups in total. The molecule has 0 fully saturated rings. The molecule has 7 heteroatoms. The average Bonchev–Trinajstić information content (AvgIpc) is 2.88. The first-order valence-electron chi connectivity index (χ1n) is 5.91. The van der Waals surface area contributed by atoms with Crippen LogP contribution in [0.5, 0.6) is 0 Å². The standard InChI is InChI=1S/C13H13Br2NO3S/c1-2-16(8-10-5-6-19-9-10)20(17,18)13-4-3-11(14)7-12(13)15/h3-7,9H,2,8H2,1H3. The Hall–Kier alpha value is -0.630. The van der Waals surface area contributed by atoms with Crippen molar-refractivity contribution >= 4 is 41.9 Å². The third kappa shape index (κ3) is 3.33. The predicted molar refractivity (Wildman–Crippen MR) is 83.8 cm³/mol. The average molecular weight is 423 g/mol. The summed E-state index contributed by atoms with van der Waals surface area (Å²) in [7, 11) is -3.55. The Bertz CT molecular complexity index is 684. The van der Waals surface area contributed by atoms with E-state index in [9.17, 15) is 8.42 Å². The maximum Gasteiger partial charge on any atom is 0.244 e. The van der Waals surface area contributed by atoms with Crippen molar-refractivity contribution in [3.63, 3.8) is 0 Å². The highest BCUT2D eigenvalue weighted by atomic mass is 79.9. The summed E-state index contributed by atoms with van der Waals surface area (Å²) in [6.07, 6.45) is 3.08. The summed E-state index contributed by atoms with van der Waals surface area (Å²) in [5, 5.41) is 0. The fourth-order valence-corrected chi connectivity index (χ4v) is 4.92. The molecular formula is C13H13Br2NO3S. The number of benzene rings is 1. The van der Waals surface area contributed by atoms with Crippen LogP contribution in [0, 0.1) is 0 Å². The molecule has 0 spiro atoms. The van der Waals surface area contributed by atoms with Crippen LogP contribution >= 0.6 is 31.9 Å². The molecule has 1 aromatic carbocycles. The second-order valence-electron chi connectivity index (χ2n) is 4.14. The second-order valence-corrected chi connectivity index (χ2v) is 7.81. The van der Waals surface area contributed by atoms with Crippen molar-refractivity contribution in [3.05, 3.63) is 51.3 Å². The lowest BCUT2D eigenvalue weighted by atomic mass is 10.3. The number of hydrogen-bond acceptors (Lipinski definition) is 3. The first-order valence-corrected chi connectivity index (χ1v) is 8.94. The number of halogens is 2. The zero-order valence-electron chi connectivity index (χ0n) is 10.7. The minimum Gasteiger partial charge on any atom is -0.472 e. The highest BCUT2D eigenvalue weighted by Gasteiger charge is 2.25. The van der Waals surface area contributed by atoms with Crippen LogP contribution in [0.25, 0.3) is 0 Å². The van der Waals surface area contributed by atoms with Crippen molar-refractivity contribution in [2.45, 2.75) is 18.4 Å². The minimum absolute atomic E-state index is 0.256. The van der Waals surface area contributed by atoms with Gasteiger partial charge in [0.05, 0.1) is 17.4 Å². The van der Waals surface area contributed by atoms with E-state index >= 15 is 0 Å². The van der Waals surface area contributed by atoms with E-state index in [0.717, 1.165) is 10.0 Å². The Morgan fingerprint density at radius 3 is 2.55 bits per heavy atom. The van der Waals surface area contributed by atoms with E-state index in [0.29, 0.717) is 11.0 Å². The highest BCUT2D eigenvalue weighted by molar-refractivity contribution is 9.11. The van der Waals surface area contributed by atoms with E-state index < -0.39 is 10.0 Å². The van der Waals surface area contributed by atoms with Crippen LogP contribution in [0.3, 0.4) is 0 Å². The van der Waals surface area contributed by atoms with Gasteiger partial charge in [0.25, 0.3) is 0 Å². The van der Waals surface area contributed by atoms with Gasteiger partial charge in [-0.05, 0) is 40.2 Å². The molecule has 2 aromatic rings. The van der Waals surface area contributed by atoms with E-state index in [4.69, 9.17) is 4.42 Å². The quantitative estimate of drug-likeness (QED) is 0.731. The Morgan fingerprint density at radius 2 is 2.00 bits per heavy atom. The van der Waals surface area contributed by atoms with E-state index in [1.807, 2.05) is 6.92 Å². The predicted octanol–water partition coefficient (Wildman–Crippen LogP) is 4.02. The van der Waals surface area contributed by atoms with Gasteiger partial charge in [-0.3, -0.25) is 0 Å². The van der Waals surface area contributed by atoms with Gasteiger partial charge < -0.3 is 4.42 Å². The first kappa shape index (κ1) is 15.8. The van der Waals surface area contributed by atoms with Gasteiger partial charge in [-0.15, -0.1) is 0 Å². The van der Waals surface area contributed by atoms with Gasteiger partial charge in [0.1, 0.15) is 0 Å². The highest BCUT2D eigenvalue weighted by Crippen LogP contribution is 2.28. The van der Waals surface area contributed by atoms with Crippen LogP contribution in [0.2, 0.25) is 0 Å². The van der Waals surface area contributed by atoms with Crippen molar-refractivity contribution in [2.75, 3.05) is 6.54 Å². The van der Waals surface area contributed by atoms with Gasteiger partial charge in [0.2, 0.25) is 10.0 Å². The van der Waals surface area contributed by atoms with Gasteiger partial charge in [-0.25, -0.2) is 8.42 Å². The molecule has 1 aromatic heterocycles. The van der Waals surface area contributed by atoms with Gasteiger partial charge in [-0.2, -0.15) is 4.31 Å². The fraction of sp³-hybridized carbons (Fsp3) is 0.231. The smallest absolute Gasteiger partial charge is 0.244 e. The lowest BCUT2D eigenvalue weighted by Crippen LogP contribution is -2.30. The van der Waals surface area contributed by atoms with E-state index in [1.54, 1.807) is 30.5 Å². The van der Waals surface area contributed by atoms with E-state index in [-0.39, 0.29) is 11.4 Å². The Labute approximate surface area is 135 Å². The van der Waals surface area contributed by atoms with Crippen LogP contribution in [-0.4, -0.2) is 19.3 Å². The number of sulfonamides is 1. The van der Waals surface area contributed by atoms with Gasteiger partial charge in [0, 0.05) is 27.6 Å². The molecule has 0 amide bonds.